The zero-order valence-electron chi connectivity index (χ0n) is 21.4. The minimum atomic E-state index is -0.611. The molecule has 0 saturated carbocycles. The van der Waals surface area contributed by atoms with E-state index in [9.17, 15) is 14.9 Å². The Bertz CT molecular complexity index is 1440. The summed E-state index contributed by atoms with van der Waals surface area (Å²) in [6, 6.07) is 26.4. The molecular formula is C30H28N4O3S. The number of allylic oxidation sites excluding steroid dienone is 2. The van der Waals surface area contributed by atoms with Crippen LogP contribution in [0.5, 0.6) is 5.75 Å². The number of carbonyl (C=O) groups is 2. The van der Waals surface area contributed by atoms with Crippen LogP contribution in [-0.4, -0.2) is 24.7 Å². The molecule has 0 radical (unpaired) electrons. The molecule has 1 heterocycles. The molecule has 1 atom stereocenters. The van der Waals surface area contributed by atoms with Crippen LogP contribution >= 0.6 is 11.8 Å². The maximum absolute atomic E-state index is 13.6. The second-order valence-corrected chi connectivity index (χ2v) is 9.70. The van der Waals surface area contributed by atoms with Crippen molar-refractivity contribution < 1.29 is 14.3 Å². The molecule has 8 heteroatoms. The molecule has 0 fully saturated rings. The van der Waals surface area contributed by atoms with Crippen molar-refractivity contribution in [3.05, 3.63) is 112 Å². The number of aryl methyl sites for hydroxylation is 1. The molecule has 3 N–H and O–H groups in total. The van der Waals surface area contributed by atoms with Crippen molar-refractivity contribution in [1.29, 1.82) is 5.26 Å². The standard InChI is InChI=1S/C30H28N4O3S/c1-19-13-15-22(16-14-19)33-26(35)18-38-30-23(17-31)28(21-9-5-4-6-10-21)27(20(2)32-30)29(36)34-24-11-7-8-12-25(24)37-3/h4-16,28,32H,18H2,1-3H3,(H,33,35)(H,34,36). The van der Waals surface area contributed by atoms with Gasteiger partial charge in [0.05, 0.1) is 41.1 Å². The van der Waals surface area contributed by atoms with Gasteiger partial charge in [-0.2, -0.15) is 5.26 Å². The fourth-order valence-corrected chi connectivity index (χ4v) is 5.11. The number of benzene rings is 3. The van der Waals surface area contributed by atoms with Gasteiger partial charge in [0.1, 0.15) is 5.75 Å². The predicted molar refractivity (Wildman–Crippen MR) is 152 cm³/mol. The van der Waals surface area contributed by atoms with Crippen LogP contribution in [0.15, 0.2) is 101 Å². The van der Waals surface area contributed by atoms with Gasteiger partial charge < -0.3 is 20.7 Å². The number of dihydropyridines is 1. The Labute approximate surface area is 226 Å². The van der Waals surface area contributed by atoms with E-state index >= 15 is 0 Å². The van der Waals surface area contributed by atoms with Crippen LogP contribution in [0, 0.1) is 18.3 Å². The third kappa shape index (κ3) is 6.07. The largest absolute Gasteiger partial charge is 0.495 e. The molecule has 0 aliphatic carbocycles. The topological polar surface area (TPSA) is 103 Å². The van der Waals surface area contributed by atoms with Crippen molar-refractivity contribution >= 4 is 35.0 Å². The number of methoxy groups -OCH3 is 1. The summed E-state index contributed by atoms with van der Waals surface area (Å²) >= 11 is 1.23. The molecular weight excluding hydrogens is 496 g/mol. The molecule has 3 aromatic rings. The Balaban J connectivity index is 1.61. The van der Waals surface area contributed by atoms with Crippen LogP contribution in [0.25, 0.3) is 0 Å². The number of ether oxygens (including phenoxy) is 1. The lowest BCUT2D eigenvalue weighted by Crippen LogP contribution is -2.31. The van der Waals surface area contributed by atoms with Gasteiger partial charge in [-0.15, -0.1) is 0 Å². The van der Waals surface area contributed by atoms with Gasteiger partial charge in [0.15, 0.2) is 0 Å². The number of nitriles is 1. The van der Waals surface area contributed by atoms with Gasteiger partial charge in [0.25, 0.3) is 5.91 Å². The van der Waals surface area contributed by atoms with E-state index < -0.39 is 5.92 Å². The number of para-hydroxylation sites is 2. The van der Waals surface area contributed by atoms with Crippen molar-refractivity contribution in [2.75, 3.05) is 23.5 Å². The van der Waals surface area contributed by atoms with E-state index in [1.54, 1.807) is 26.2 Å². The van der Waals surface area contributed by atoms with Crippen LogP contribution in [0.2, 0.25) is 0 Å². The number of nitrogens with one attached hydrogen (secondary N) is 3. The molecule has 192 valence electrons. The van der Waals surface area contributed by atoms with Crippen molar-refractivity contribution in [3.63, 3.8) is 0 Å². The summed E-state index contributed by atoms with van der Waals surface area (Å²) in [5, 5.41) is 19.8. The molecule has 38 heavy (non-hydrogen) atoms. The molecule has 1 aliphatic heterocycles. The van der Waals surface area contributed by atoms with Crippen molar-refractivity contribution in [1.82, 2.24) is 5.32 Å². The van der Waals surface area contributed by atoms with E-state index in [0.29, 0.717) is 39.0 Å². The van der Waals surface area contributed by atoms with Crippen LogP contribution in [0.3, 0.4) is 0 Å². The maximum Gasteiger partial charge on any atom is 0.254 e. The van der Waals surface area contributed by atoms with Gasteiger partial charge in [-0.3, -0.25) is 9.59 Å². The fraction of sp³-hybridized carbons (Fsp3) is 0.167. The van der Waals surface area contributed by atoms with Crippen molar-refractivity contribution in [2.45, 2.75) is 19.8 Å². The van der Waals surface area contributed by atoms with E-state index in [0.717, 1.165) is 11.1 Å². The van der Waals surface area contributed by atoms with Gasteiger partial charge in [0.2, 0.25) is 5.91 Å². The Morgan fingerprint density at radius 3 is 2.34 bits per heavy atom. The molecule has 3 aromatic carbocycles. The van der Waals surface area contributed by atoms with Crippen LogP contribution in [0.1, 0.15) is 24.0 Å². The third-order valence-corrected chi connectivity index (χ3v) is 7.08. The molecule has 0 bridgehead atoms. The number of carbonyl (C=O) groups excluding carboxylic acids is 2. The minimum Gasteiger partial charge on any atom is -0.495 e. The summed E-state index contributed by atoms with van der Waals surface area (Å²) in [5.74, 6) is -0.519. The first-order chi connectivity index (χ1) is 18.4. The van der Waals surface area contributed by atoms with E-state index in [-0.39, 0.29) is 17.6 Å². The van der Waals surface area contributed by atoms with E-state index in [1.165, 1.54) is 11.8 Å². The molecule has 7 nitrogen and oxygen atoms in total. The molecule has 1 aliphatic rings. The smallest absolute Gasteiger partial charge is 0.254 e. The molecule has 0 saturated heterocycles. The van der Waals surface area contributed by atoms with Crippen molar-refractivity contribution in [2.24, 2.45) is 0 Å². The van der Waals surface area contributed by atoms with E-state index in [2.05, 4.69) is 22.0 Å². The lowest BCUT2D eigenvalue weighted by molar-refractivity contribution is -0.114. The van der Waals surface area contributed by atoms with E-state index in [1.807, 2.05) is 73.7 Å². The summed E-state index contributed by atoms with van der Waals surface area (Å²) in [6.45, 7) is 3.78. The number of thioether (sulfide) groups is 1. The van der Waals surface area contributed by atoms with E-state index in [4.69, 9.17) is 4.74 Å². The van der Waals surface area contributed by atoms with Crippen LogP contribution in [0.4, 0.5) is 11.4 Å². The Morgan fingerprint density at radius 1 is 0.974 bits per heavy atom. The quantitative estimate of drug-likeness (QED) is 0.349. The fourth-order valence-electron chi connectivity index (χ4n) is 4.22. The SMILES string of the molecule is COc1ccccc1NC(=O)C1=C(C)NC(SCC(=O)Nc2ccc(C)cc2)=C(C#N)C1c1ccccc1. The Morgan fingerprint density at radius 2 is 1.66 bits per heavy atom. The summed E-state index contributed by atoms with van der Waals surface area (Å²) in [6.07, 6.45) is 0. The lowest BCUT2D eigenvalue weighted by atomic mass is 9.82. The summed E-state index contributed by atoms with van der Waals surface area (Å²) in [4.78, 5) is 26.3. The maximum atomic E-state index is 13.6. The number of nitrogens with zero attached hydrogens (tertiary/aromatic N) is 1. The third-order valence-electron chi connectivity index (χ3n) is 6.06. The van der Waals surface area contributed by atoms with Gasteiger partial charge in [0, 0.05) is 17.0 Å². The van der Waals surface area contributed by atoms with Crippen molar-refractivity contribution in [3.8, 4) is 11.8 Å². The Hall–Kier alpha value is -4.48. The highest BCUT2D eigenvalue weighted by Gasteiger charge is 2.35. The normalized spacial score (nSPS) is 14.8. The summed E-state index contributed by atoms with van der Waals surface area (Å²) < 4.78 is 5.38. The lowest BCUT2D eigenvalue weighted by Gasteiger charge is -2.30. The predicted octanol–water partition coefficient (Wildman–Crippen LogP) is 5.71. The molecule has 0 spiro atoms. The first-order valence-electron chi connectivity index (χ1n) is 12.0. The van der Waals surface area contributed by atoms with Crippen LogP contribution < -0.4 is 20.7 Å². The van der Waals surface area contributed by atoms with Gasteiger partial charge >= 0.3 is 0 Å². The molecule has 1 unspecified atom stereocenters. The number of rotatable bonds is 8. The number of hydrogen-bond donors (Lipinski definition) is 3. The minimum absolute atomic E-state index is 0.0962. The number of anilines is 2. The number of hydrogen-bond acceptors (Lipinski definition) is 6. The molecule has 4 rings (SSSR count). The Kier molecular flexibility index (Phi) is 8.51. The second kappa shape index (κ2) is 12.2. The number of amides is 2. The first-order valence-corrected chi connectivity index (χ1v) is 13.0. The molecule has 2 amide bonds. The average molecular weight is 525 g/mol. The van der Waals surface area contributed by atoms with Gasteiger partial charge in [-0.25, -0.2) is 0 Å². The monoisotopic (exact) mass is 524 g/mol. The average Bonchev–Trinajstić information content (AvgIpc) is 2.93. The zero-order chi connectivity index (χ0) is 27.1. The van der Waals surface area contributed by atoms with Crippen LogP contribution in [-0.2, 0) is 9.59 Å². The summed E-state index contributed by atoms with van der Waals surface area (Å²) in [7, 11) is 1.54. The zero-order valence-corrected chi connectivity index (χ0v) is 22.2. The highest BCUT2D eigenvalue weighted by atomic mass is 32.2. The van der Waals surface area contributed by atoms with Gasteiger partial charge in [-0.05, 0) is 43.7 Å². The highest BCUT2D eigenvalue weighted by molar-refractivity contribution is 8.03. The second-order valence-electron chi connectivity index (χ2n) is 8.72. The molecule has 0 aromatic heterocycles. The van der Waals surface area contributed by atoms with Gasteiger partial charge in [-0.1, -0.05) is 71.9 Å². The first kappa shape index (κ1) is 26.6. The highest BCUT2D eigenvalue weighted by Crippen LogP contribution is 2.41. The summed E-state index contributed by atoms with van der Waals surface area (Å²) in [5.41, 5.74) is 4.55.